The molecule has 0 atom stereocenters. The third-order valence-corrected chi connectivity index (χ3v) is 2.73. The van der Waals surface area contributed by atoms with Gasteiger partial charge in [0, 0.05) is 19.0 Å². The molecule has 0 saturated heterocycles. The van der Waals surface area contributed by atoms with Gasteiger partial charge in [-0.25, -0.2) is 0 Å². The van der Waals surface area contributed by atoms with E-state index in [1.165, 1.54) is 12.2 Å². The molecule has 0 aliphatic rings. The molecule has 3 heteroatoms. The largest absolute Gasteiger partial charge is 0.300 e. The van der Waals surface area contributed by atoms with Crippen molar-refractivity contribution in [2.24, 2.45) is 0 Å². The highest BCUT2D eigenvalue weighted by Crippen LogP contribution is 2.03. The van der Waals surface area contributed by atoms with Crippen LogP contribution in [0.1, 0.15) is 26.7 Å². The van der Waals surface area contributed by atoms with Gasteiger partial charge in [0.1, 0.15) is 0 Å². The molecule has 76 valence electrons. The molecule has 0 aromatic rings. The summed E-state index contributed by atoms with van der Waals surface area (Å²) in [6, 6.07) is 2.76. The van der Waals surface area contributed by atoms with Crippen molar-refractivity contribution in [3.05, 3.63) is 0 Å². The van der Waals surface area contributed by atoms with E-state index in [2.05, 4.69) is 31.1 Å². The lowest BCUT2D eigenvalue weighted by atomic mass is 10.2. The number of nitrogens with zero attached hydrogens (tertiary/aromatic N) is 2. The molecule has 0 bridgehead atoms. The van der Waals surface area contributed by atoms with Crippen molar-refractivity contribution in [1.82, 2.24) is 4.90 Å². The molecule has 0 radical (unpaired) electrons. The first kappa shape index (κ1) is 12.8. The van der Waals surface area contributed by atoms with Gasteiger partial charge in [-0.1, -0.05) is 0 Å². The first-order chi connectivity index (χ1) is 6.22. The van der Waals surface area contributed by atoms with Crippen LogP contribution in [0.25, 0.3) is 0 Å². The molecule has 0 aliphatic carbocycles. The molecule has 0 amide bonds. The summed E-state index contributed by atoms with van der Waals surface area (Å²) in [5, 5.41) is 8.49. The first-order valence-corrected chi connectivity index (χ1v) is 6.21. The van der Waals surface area contributed by atoms with E-state index in [-0.39, 0.29) is 0 Å². The molecule has 0 fully saturated rings. The molecule has 0 unspecified atom stereocenters. The van der Waals surface area contributed by atoms with Crippen LogP contribution >= 0.6 is 11.8 Å². The van der Waals surface area contributed by atoms with Crippen LogP contribution < -0.4 is 0 Å². The second kappa shape index (κ2) is 8.40. The van der Waals surface area contributed by atoms with Gasteiger partial charge >= 0.3 is 0 Å². The summed E-state index contributed by atoms with van der Waals surface area (Å²) in [7, 11) is 0. The standard InChI is InChI=1S/C10H20N2S/c1-10(2)12(7-4-6-11)8-5-9-13-3/h10H,4-5,7-9H2,1-3H3. The van der Waals surface area contributed by atoms with Gasteiger partial charge in [0.05, 0.1) is 6.07 Å². The summed E-state index contributed by atoms with van der Waals surface area (Å²) in [4.78, 5) is 2.37. The van der Waals surface area contributed by atoms with E-state index in [0.717, 1.165) is 13.1 Å². The van der Waals surface area contributed by atoms with Crippen LogP contribution in [0.3, 0.4) is 0 Å². The van der Waals surface area contributed by atoms with Crippen molar-refractivity contribution in [1.29, 1.82) is 5.26 Å². The van der Waals surface area contributed by atoms with E-state index >= 15 is 0 Å². The average Bonchev–Trinajstić information content (AvgIpc) is 2.10. The van der Waals surface area contributed by atoms with Gasteiger partial charge in [-0.05, 0) is 38.8 Å². The Balaban J connectivity index is 3.62. The number of hydrogen-bond donors (Lipinski definition) is 0. The van der Waals surface area contributed by atoms with Crippen molar-refractivity contribution in [3.8, 4) is 6.07 Å². The third kappa shape index (κ3) is 6.92. The lowest BCUT2D eigenvalue weighted by molar-refractivity contribution is 0.228. The Morgan fingerprint density at radius 1 is 1.38 bits per heavy atom. The Hall–Kier alpha value is -0.200. The van der Waals surface area contributed by atoms with Gasteiger partial charge in [-0.2, -0.15) is 17.0 Å². The van der Waals surface area contributed by atoms with E-state index in [9.17, 15) is 0 Å². The molecule has 0 N–H and O–H groups in total. The van der Waals surface area contributed by atoms with Gasteiger partial charge in [-0.15, -0.1) is 0 Å². The molecule has 0 rings (SSSR count). The third-order valence-electron chi connectivity index (χ3n) is 2.03. The van der Waals surface area contributed by atoms with Crippen molar-refractivity contribution in [2.75, 3.05) is 25.1 Å². The van der Waals surface area contributed by atoms with Crippen molar-refractivity contribution in [3.63, 3.8) is 0 Å². The summed E-state index contributed by atoms with van der Waals surface area (Å²) in [5.74, 6) is 1.22. The highest BCUT2D eigenvalue weighted by atomic mass is 32.2. The maximum atomic E-state index is 8.49. The van der Waals surface area contributed by atoms with E-state index in [1.54, 1.807) is 0 Å². The quantitative estimate of drug-likeness (QED) is 0.590. The zero-order valence-corrected chi connectivity index (χ0v) is 9.73. The maximum absolute atomic E-state index is 8.49. The van der Waals surface area contributed by atoms with Crippen LogP contribution in [0.5, 0.6) is 0 Å². The predicted molar refractivity (Wildman–Crippen MR) is 59.9 cm³/mol. The van der Waals surface area contributed by atoms with E-state index < -0.39 is 0 Å². The predicted octanol–water partition coefficient (Wildman–Crippen LogP) is 2.36. The smallest absolute Gasteiger partial charge is 0.0635 e. The van der Waals surface area contributed by atoms with Crippen LogP contribution in [0.4, 0.5) is 0 Å². The molecule has 0 aromatic heterocycles. The summed E-state index contributed by atoms with van der Waals surface area (Å²) in [6.45, 7) is 6.43. The molecular weight excluding hydrogens is 180 g/mol. The van der Waals surface area contributed by atoms with E-state index in [1.807, 2.05) is 11.8 Å². The molecule has 0 heterocycles. The lowest BCUT2D eigenvalue weighted by Gasteiger charge is -2.25. The van der Waals surface area contributed by atoms with Crippen molar-refractivity contribution in [2.45, 2.75) is 32.7 Å². The van der Waals surface area contributed by atoms with E-state index in [4.69, 9.17) is 5.26 Å². The van der Waals surface area contributed by atoms with Crippen molar-refractivity contribution < 1.29 is 0 Å². The zero-order valence-electron chi connectivity index (χ0n) is 8.92. The fourth-order valence-corrected chi connectivity index (χ4v) is 1.65. The minimum Gasteiger partial charge on any atom is -0.300 e. The number of thioether (sulfide) groups is 1. The highest BCUT2D eigenvalue weighted by molar-refractivity contribution is 7.98. The van der Waals surface area contributed by atoms with Crippen LogP contribution in [0, 0.1) is 11.3 Å². The lowest BCUT2D eigenvalue weighted by Crippen LogP contribution is -2.32. The Morgan fingerprint density at radius 2 is 2.08 bits per heavy atom. The minimum absolute atomic E-state index is 0.565. The summed E-state index contributed by atoms with van der Waals surface area (Å²) >= 11 is 1.89. The van der Waals surface area contributed by atoms with Crippen LogP contribution in [0.15, 0.2) is 0 Å². The second-order valence-corrected chi connectivity index (χ2v) is 4.37. The van der Waals surface area contributed by atoms with Gasteiger partial charge in [0.15, 0.2) is 0 Å². The van der Waals surface area contributed by atoms with Crippen molar-refractivity contribution >= 4 is 11.8 Å². The van der Waals surface area contributed by atoms with Crippen LogP contribution in [0.2, 0.25) is 0 Å². The maximum Gasteiger partial charge on any atom is 0.0635 e. The average molecular weight is 200 g/mol. The molecule has 0 spiro atoms. The van der Waals surface area contributed by atoms with Gasteiger partial charge in [-0.3, -0.25) is 4.90 Å². The minimum atomic E-state index is 0.565. The SMILES string of the molecule is CSCCCN(CCC#N)C(C)C. The topological polar surface area (TPSA) is 27.0 Å². The highest BCUT2D eigenvalue weighted by Gasteiger charge is 2.07. The van der Waals surface area contributed by atoms with Gasteiger partial charge in [0.25, 0.3) is 0 Å². The zero-order chi connectivity index (χ0) is 10.1. The molecule has 0 aromatic carbocycles. The molecule has 0 saturated carbocycles. The molecule has 13 heavy (non-hydrogen) atoms. The summed E-state index contributed by atoms with van der Waals surface area (Å²) in [5.41, 5.74) is 0. The van der Waals surface area contributed by atoms with Crippen LogP contribution in [-0.4, -0.2) is 36.0 Å². The molecule has 2 nitrogen and oxygen atoms in total. The summed E-state index contributed by atoms with van der Waals surface area (Å²) in [6.07, 6.45) is 4.01. The van der Waals surface area contributed by atoms with Gasteiger partial charge in [0.2, 0.25) is 0 Å². The normalized spacial score (nSPS) is 10.8. The Bertz CT molecular complexity index is 151. The first-order valence-electron chi connectivity index (χ1n) is 4.82. The van der Waals surface area contributed by atoms with E-state index in [0.29, 0.717) is 12.5 Å². The fraction of sp³-hybridized carbons (Fsp3) is 0.900. The number of hydrogen-bond acceptors (Lipinski definition) is 3. The fourth-order valence-electron chi connectivity index (χ4n) is 1.23. The number of rotatable bonds is 7. The number of nitriles is 1. The Morgan fingerprint density at radius 3 is 2.54 bits per heavy atom. The van der Waals surface area contributed by atoms with Crippen LogP contribution in [-0.2, 0) is 0 Å². The molecule has 0 aliphatic heterocycles. The summed E-state index contributed by atoms with van der Waals surface area (Å²) < 4.78 is 0. The monoisotopic (exact) mass is 200 g/mol. The molecular formula is C10H20N2S. The Labute approximate surface area is 86.3 Å². The second-order valence-electron chi connectivity index (χ2n) is 3.38. The Kier molecular flexibility index (Phi) is 8.27. The van der Waals surface area contributed by atoms with Gasteiger partial charge < -0.3 is 0 Å².